The van der Waals surface area contributed by atoms with Gasteiger partial charge in [-0.1, -0.05) is 20.3 Å². The van der Waals surface area contributed by atoms with E-state index >= 15 is 0 Å². The van der Waals surface area contributed by atoms with Gasteiger partial charge < -0.3 is 0 Å². The summed E-state index contributed by atoms with van der Waals surface area (Å²) in [6.07, 6.45) is 3.20. The number of thiol groups is 2. The summed E-state index contributed by atoms with van der Waals surface area (Å²) in [6.45, 7) is 6.25. The van der Waals surface area contributed by atoms with Crippen molar-refractivity contribution in [3.63, 3.8) is 0 Å². The molecular weight excluding hydrogens is 232 g/mol. The minimum absolute atomic E-state index is 0.133. The Kier molecular flexibility index (Phi) is 8.35. The van der Waals surface area contributed by atoms with Crippen molar-refractivity contribution in [1.29, 1.82) is 0 Å². The molecule has 0 radical (unpaired) electrons. The van der Waals surface area contributed by atoms with E-state index in [4.69, 9.17) is 0 Å². The van der Waals surface area contributed by atoms with E-state index in [1.165, 1.54) is 0 Å². The lowest BCUT2D eigenvalue weighted by Crippen LogP contribution is -2.32. The maximum absolute atomic E-state index is 10.8. The highest BCUT2D eigenvalue weighted by Gasteiger charge is 2.34. The zero-order valence-corrected chi connectivity index (χ0v) is 11.7. The van der Waals surface area contributed by atoms with E-state index in [0.29, 0.717) is 22.8 Å². The molecule has 0 rings (SSSR count). The molecule has 4 heteroatoms. The first kappa shape index (κ1) is 14.7. The van der Waals surface area contributed by atoms with Gasteiger partial charge >= 0.3 is 11.7 Å². The number of hydrogen-bond donors (Lipinski definition) is 2. The van der Waals surface area contributed by atoms with Crippen molar-refractivity contribution >= 4 is 36.9 Å². The molecule has 0 aliphatic rings. The second-order valence-electron chi connectivity index (χ2n) is 3.72. The van der Waals surface area contributed by atoms with E-state index in [0.717, 1.165) is 19.3 Å². The predicted octanol–water partition coefficient (Wildman–Crippen LogP) is 3.23. The molecule has 84 valence electrons. The Hall–Kier alpha value is 0.720. The molecule has 0 aromatic heterocycles. The van der Waals surface area contributed by atoms with Crippen LogP contribution in [-0.4, -0.2) is 15.7 Å². The van der Waals surface area contributed by atoms with Gasteiger partial charge in [0.1, 0.15) is 0 Å². The summed E-state index contributed by atoms with van der Waals surface area (Å²) in [4.78, 5) is 0. The van der Waals surface area contributed by atoms with Crippen LogP contribution in [0.5, 0.6) is 0 Å². The van der Waals surface area contributed by atoms with E-state index in [2.05, 4.69) is 39.1 Å². The topological polar surface area (TPSA) is 17.1 Å². The molecule has 14 heavy (non-hydrogen) atoms. The van der Waals surface area contributed by atoms with E-state index in [1.807, 2.05) is 6.92 Å². The Balaban J connectivity index is 4.28. The van der Waals surface area contributed by atoms with Crippen molar-refractivity contribution in [1.82, 2.24) is 0 Å². The monoisotopic (exact) mass is 253 g/mol. The summed E-state index contributed by atoms with van der Waals surface area (Å²) in [6, 6.07) is 0. The van der Waals surface area contributed by atoms with Crippen LogP contribution in [0.1, 0.15) is 40.0 Å². The lowest BCUT2D eigenvalue weighted by Gasteiger charge is -2.24. The minimum atomic E-state index is 0.133. The highest BCUT2D eigenvalue weighted by atomic mass is 32.1. The second kappa shape index (κ2) is 7.94. The molecular formula is C10H21OS3+. The SMILES string of the molecule is CCCC(S)C(S)C(CC)C(C)[S+]=O. The van der Waals surface area contributed by atoms with Gasteiger partial charge in [-0.05, 0) is 19.8 Å². The summed E-state index contributed by atoms with van der Waals surface area (Å²) >= 11 is 9.83. The molecule has 0 saturated carbocycles. The van der Waals surface area contributed by atoms with Gasteiger partial charge in [-0.3, -0.25) is 0 Å². The normalized spacial score (nSPS) is 19.8. The maximum Gasteiger partial charge on any atom is 0.462 e. The highest BCUT2D eigenvalue weighted by molar-refractivity contribution is 7.85. The van der Waals surface area contributed by atoms with E-state index in [-0.39, 0.29) is 10.5 Å². The van der Waals surface area contributed by atoms with Crippen molar-refractivity contribution in [2.24, 2.45) is 5.92 Å². The third-order valence-electron chi connectivity index (χ3n) is 2.64. The van der Waals surface area contributed by atoms with Gasteiger partial charge in [0.25, 0.3) is 0 Å². The summed E-state index contributed by atoms with van der Waals surface area (Å²) < 4.78 is 10.8. The molecule has 0 N–H and O–H groups in total. The van der Waals surface area contributed by atoms with Crippen LogP contribution in [0.15, 0.2) is 0 Å². The van der Waals surface area contributed by atoms with Crippen LogP contribution in [0.25, 0.3) is 0 Å². The van der Waals surface area contributed by atoms with Gasteiger partial charge in [-0.15, -0.1) is 0 Å². The molecule has 0 aromatic rings. The average molecular weight is 253 g/mol. The van der Waals surface area contributed by atoms with E-state index in [1.54, 1.807) is 0 Å². The van der Waals surface area contributed by atoms with Crippen molar-refractivity contribution < 1.29 is 4.21 Å². The smallest absolute Gasteiger partial charge is 0.175 e. The van der Waals surface area contributed by atoms with Crippen LogP contribution in [0.2, 0.25) is 0 Å². The molecule has 0 fully saturated rings. The first-order valence-electron chi connectivity index (χ1n) is 5.23. The Bertz CT molecular complexity index is 163. The zero-order chi connectivity index (χ0) is 11.1. The molecule has 0 spiro atoms. The lowest BCUT2D eigenvalue weighted by atomic mass is 9.94. The van der Waals surface area contributed by atoms with Gasteiger partial charge in [-0.25, -0.2) is 0 Å². The molecule has 0 aliphatic carbocycles. The lowest BCUT2D eigenvalue weighted by molar-refractivity contribution is 0.458. The fourth-order valence-electron chi connectivity index (χ4n) is 1.67. The molecule has 0 aliphatic heterocycles. The van der Waals surface area contributed by atoms with Gasteiger partial charge in [0.05, 0.1) is 0 Å². The average Bonchev–Trinajstić information content (AvgIpc) is 2.18. The fraction of sp³-hybridized carbons (Fsp3) is 1.00. The van der Waals surface area contributed by atoms with Gasteiger partial charge in [0.15, 0.2) is 0 Å². The Labute approximate surface area is 103 Å². The van der Waals surface area contributed by atoms with Crippen LogP contribution < -0.4 is 0 Å². The van der Waals surface area contributed by atoms with Gasteiger partial charge in [-0.2, -0.15) is 25.3 Å². The van der Waals surface area contributed by atoms with E-state index < -0.39 is 0 Å². The number of rotatable bonds is 7. The van der Waals surface area contributed by atoms with Crippen LogP contribution >= 0.6 is 25.3 Å². The molecule has 0 saturated heterocycles. The van der Waals surface area contributed by atoms with Crippen molar-refractivity contribution in [3.8, 4) is 0 Å². The molecule has 4 unspecified atom stereocenters. The molecule has 4 atom stereocenters. The Morgan fingerprint density at radius 2 is 1.86 bits per heavy atom. The standard InChI is InChI=1S/C10H20OS3/c1-4-6-9(12)10(13)8(5-2)7(3)14-11/h7-10H,4-6H2,1-3H3,(H-,12,13)/p+1. The second-order valence-corrected chi connectivity index (χ2v) is 5.92. The molecule has 0 bridgehead atoms. The van der Waals surface area contributed by atoms with E-state index in [9.17, 15) is 4.21 Å². The quantitative estimate of drug-likeness (QED) is 0.526. The summed E-state index contributed by atoms with van der Waals surface area (Å²) in [5.74, 6) is 0.370. The first-order valence-corrected chi connectivity index (χ1v) is 7.06. The third kappa shape index (κ3) is 4.49. The van der Waals surface area contributed by atoms with Crippen LogP contribution in [0.4, 0.5) is 0 Å². The largest absolute Gasteiger partial charge is 0.462 e. The van der Waals surface area contributed by atoms with Crippen molar-refractivity contribution in [2.75, 3.05) is 0 Å². The first-order chi connectivity index (χ1) is 6.58. The van der Waals surface area contributed by atoms with Gasteiger partial charge in [0, 0.05) is 20.6 Å². The summed E-state index contributed by atoms with van der Waals surface area (Å²) in [5, 5.41) is 0.677. The maximum atomic E-state index is 10.8. The molecule has 0 aromatic carbocycles. The number of hydrogen-bond acceptors (Lipinski definition) is 3. The molecule has 1 nitrogen and oxygen atoms in total. The summed E-state index contributed by atoms with van der Waals surface area (Å²) in [7, 11) is 0. The van der Waals surface area contributed by atoms with Crippen molar-refractivity contribution in [3.05, 3.63) is 0 Å². The summed E-state index contributed by atoms with van der Waals surface area (Å²) in [5.41, 5.74) is 0. The zero-order valence-electron chi connectivity index (χ0n) is 9.14. The van der Waals surface area contributed by atoms with Crippen molar-refractivity contribution in [2.45, 2.75) is 55.8 Å². The van der Waals surface area contributed by atoms with Crippen LogP contribution in [0.3, 0.4) is 0 Å². The Morgan fingerprint density at radius 3 is 2.21 bits per heavy atom. The minimum Gasteiger partial charge on any atom is -0.175 e. The van der Waals surface area contributed by atoms with Gasteiger partial charge in [0.2, 0.25) is 5.25 Å². The Morgan fingerprint density at radius 1 is 1.29 bits per heavy atom. The molecule has 0 amide bonds. The fourth-order valence-corrected chi connectivity index (χ4v) is 3.39. The predicted molar refractivity (Wildman–Crippen MR) is 71.8 cm³/mol. The van der Waals surface area contributed by atoms with Crippen LogP contribution in [0, 0.1) is 5.92 Å². The third-order valence-corrected chi connectivity index (χ3v) is 4.85. The molecule has 0 heterocycles. The van der Waals surface area contributed by atoms with Crippen LogP contribution in [-0.2, 0) is 15.9 Å². The highest BCUT2D eigenvalue weighted by Crippen LogP contribution is 2.27.